The first kappa shape index (κ1) is 20.1. The minimum Gasteiger partial charge on any atom is -0.462 e. The second kappa shape index (κ2) is 9.47. The number of aromatic nitrogens is 1. The first-order valence-corrected chi connectivity index (χ1v) is 8.83. The van der Waals surface area contributed by atoms with Crippen LogP contribution >= 0.6 is 0 Å². The monoisotopic (exact) mass is 369 g/mol. The zero-order valence-electron chi connectivity index (χ0n) is 15.7. The number of nitrogens with zero attached hydrogens (tertiary/aromatic N) is 2. The minimum atomic E-state index is -0.517. The molecule has 0 aliphatic heterocycles. The summed E-state index contributed by atoms with van der Waals surface area (Å²) in [7, 11) is 0. The molecular formula is C20H23N3O4. The van der Waals surface area contributed by atoms with E-state index < -0.39 is 11.9 Å². The summed E-state index contributed by atoms with van der Waals surface area (Å²) in [5.41, 5.74) is 1.16. The molecule has 0 fully saturated rings. The van der Waals surface area contributed by atoms with Gasteiger partial charge in [0, 0.05) is 25.5 Å². The van der Waals surface area contributed by atoms with Crippen LogP contribution < -0.4 is 5.32 Å². The van der Waals surface area contributed by atoms with Crippen molar-refractivity contribution in [2.24, 2.45) is 0 Å². The van der Waals surface area contributed by atoms with Gasteiger partial charge < -0.3 is 15.0 Å². The summed E-state index contributed by atoms with van der Waals surface area (Å²) in [5.74, 6) is -1.17. The molecule has 0 aliphatic carbocycles. The Bertz CT molecular complexity index is 831. The third-order valence-electron chi connectivity index (χ3n) is 3.97. The SMILES string of the molecule is CCOC(=O)c1ccccc1NC(=O)c1cncc(C(=O)N(CC)CC)c1. The summed E-state index contributed by atoms with van der Waals surface area (Å²) < 4.78 is 5.00. The Kier molecular flexibility index (Phi) is 7.05. The van der Waals surface area contributed by atoms with Crippen LogP contribution in [0.3, 0.4) is 0 Å². The van der Waals surface area contributed by atoms with Gasteiger partial charge >= 0.3 is 5.97 Å². The van der Waals surface area contributed by atoms with Gasteiger partial charge in [-0.25, -0.2) is 4.79 Å². The number of nitrogens with one attached hydrogen (secondary N) is 1. The fourth-order valence-corrected chi connectivity index (χ4v) is 2.55. The highest BCUT2D eigenvalue weighted by molar-refractivity contribution is 6.08. The number of carbonyl (C=O) groups excluding carboxylic acids is 3. The molecule has 0 aliphatic rings. The van der Waals surface area contributed by atoms with Crippen molar-refractivity contribution >= 4 is 23.5 Å². The highest BCUT2D eigenvalue weighted by Gasteiger charge is 2.18. The quantitative estimate of drug-likeness (QED) is 0.758. The van der Waals surface area contributed by atoms with Crippen molar-refractivity contribution in [1.82, 2.24) is 9.88 Å². The molecule has 1 aromatic carbocycles. The van der Waals surface area contributed by atoms with Gasteiger partial charge in [0.15, 0.2) is 0 Å². The maximum Gasteiger partial charge on any atom is 0.340 e. The molecule has 0 radical (unpaired) electrons. The summed E-state index contributed by atoms with van der Waals surface area (Å²) in [6, 6.07) is 8.08. The van der Waals surface area contributed by atoms with Crippen LogP contribution in [0.2, 0.25) is 0 Å². The number of esters is 1. The minimum absolute atomic E-state index is 0.186. The van der Waals surface area contributed by atoms with Crippen LogP contribution in [0, 0.1) is 0 Å². The molecule has 2 amide bonds. The standard InChI is InChI=1S/C20H23N3O4/c1-4-23(5-2)19(25)15-11-14(12-21-13-15)18(24)22-17-10-8-7-9-16(17)20(26)27-6-3/h7-13H,4-6H2,1-3H3,(H,22,24). The summed E-state index contributed by atoms with van der Waals surface area (Å²) in [6.07, 6.45) is 2.81. The molecular weight excluding hydrogens is 346 g/mol. The number of amides is 2. The number of ether oxygens (including phenoxy) is 1. The molecule has 7 nitrogen and oxygen atoms in total. The topological polar surface area (TPSA) is 88.6 Å². The van der Waals surface area contributed by atoms with E-state index in [1.807, 2.05) is 13.8 Å². The highest BCUT2D eigenvalue weighted by Crippen LogP contribution is 2.18. The second-order valence-corrected chi connectivity index (χ2v) is 5.66. The fourth-order valence-electron chi connectivity index (χ4n) is 2.55. The summed E-state index contributed by atoms with van der Waals surface area (Å²) >= 11 is 0. The van der Waals surface area contributed by atoms with Crippen molar-refractivity contribution in [1.29, 1.82) is 0 Å². The number of anilines is 1. The van der Waals surface area contributed by atoms with Crippen LogP contribution in [0.15, 0.2) is 42.7 Å². The van der Waals surface area contributed by atoms with Gasteiger partial charge in [0.05, 0.1) is 29.0 Å². The van der Waals surface area contributed by atoms with Gasteiger partial charge in [-0.15, -0.1) is 0 Å². The molecule has 7 heteroatoms. The lowest BCUT2D eigenvalue weighted by molar-refractivity contribution is 0.0527. The van der Waals surface area contributed by atoms with Gasteiger partial charge in [-0.2, -0.15) is 0 Å². The van der Waals surface area contributed by atoms with Crippen molar-refractivity contribution in [2.45, 2.75) is 20.8 Å². The number of hydrogen-bond acceptors (Lipinski definition) is 5. The second-order valence-electron chi connectivity index (χ2n) is 5.66. The molecule has 142 valence electrons. The predicted molar refractivity (Wildman–Crippen MR) is 102 cm³/mol. The smallest absolute Gasteiger partial charge is 0.340 e. The molecule has 0 atom stereocenters. The van der Waals surface area contributed by atoms with Crippen molar-refractivity contribution in [3.8, 4) is 0 Å². The lowest BCUT2D eigenvalue weighted by Gasteiger charge is -2.18. The Morgan fingerprint density at radius 2 is 1.70 bits per heavy atom. The van der Waals surface area contributed by atoms with E-state index in [0.717, 1.165) is 0 Å². The van der Waals surface area contributed by atoms with Gasteiger partial charge in [0.1, 0.15) is 0 Å². The highest BCUT2D eigenvalue weighted by atomic mass is 16.5. The molecule has 2 rings (SSSR count). The maximum absolute atomic E-state index is 12.6. The number of rotatable bonds is 7. The van der Waals surface area contributed by atoms with Gasteiger partial charge in [-0.3, -0.25) is 14.6 Å². The lowest BCUT2D eigenvalue weighted by Crippen LogP contribution is -2.30. The van der Waals surface area contributed by atoms with Crippen molar-refractivity contribution in [3.05, 3.63) is 59.4 Å². The number of pyridine rings is 1. The van der Waals surface area contributed by atoms with E-state index in [0.29, 0.717) is 24.3 Å². The van der Waals surface area contributed by atoms with Gasteiger partial charge in [-0.1, -0.05) is 12.1 Å². The van der Waals surface area contributed by atoms with Crippen LogP contribution in [0.4, 0.5) is 5.69 Å². The van der Waals surface area contributed by atoms with E-state index in [9.17, 15) is 14.4 Å². The van der Waals surface area contributed by atoms with Gasteiger partial charge in [0.2, 0.25) is 0 Å². The molecule has 0 saturated carbocycles. The molecule has 1 aromatic heterocycles. The van der Waals surface area contributed by atoms with E-state index in [1.165, 1.54) is 18.5 Å². The van der Waals surface area contributed by atoms with Crippen molar-refractivity contribution < 1.29 is 19.1 Å². The first-order valence-electron chi connectivity index (χ1n) is 8.83. The molecule has 27 heavy (non-hydrogen) atoms. The van der Waals surface area contributed by atoms with E-state index in [4.69, 9.17) is 4.74 Å². The molecule has 0 spiro atoms. The zero-order valence-corrected chi connectivity index (χ0v) is 15.7. The fraction of sp³-hybridized carbons (Fsp3) is 0.300. The summed E-state index contributed by atoms with van der Waals surface area (Å²) in [6.45, 7) is 6.86. The van der Waals surface area contributed by atoms with E-state index in [1.54, 1.807) is 36.1 Å². The largest absolute Gasteiger partial charge is 0.462 e. The van der Waals surface area contributed by atoms with Crippen LogP contribution in [-0.2, 0) is 4.74 Å². The van der Waals surface area contributed by atoms with Crippen molar-refractivity contribution in [2.75, 3.05) is 25.0 Å². The average Bonchev–Trinajstić information content (AvgIpc) is 2.69. The Balaban J connectivity index is 2.24. The Hall–Kier alpha value is -3.22. The van der Waals surface area contributed by atoms with E-state index in [2.05, 4.69) is 10.3 Å². The first-order chi connectivity index (χ1) is 13.0. The van der Waals surface area contributed by atoms with Crippen LogP contribution in [0.1, 0.15) is 51.8 Å². The normalized spacial score (nSPS) is 10.2. The number of hydrogen-bond donors (Lipinski definition) is 1. The third kappa shape index (κ3) is 4.91. The van der Waals surface area contributed by atoms with E-state index >= 15 is 0 Å². The van der Waals surface area contributed by atoms with Gasteiger partial charge in [0.25, 0.3) is 11.8 Å². The van der Waals surface area contributed by atoms with E-state index in [-0.39, 0.29) is 23.6 Å². The molecule has 0 bridgehead atoms. The predicted octanol–water partition coefficient (Wildman–Crippen LogP) is 2.99. The number of benzene rings is 1. The molecule has 0 saturated heterocycles. The van der Waals surface area contributed by atoms with Crippen LogP contribution in [0.25, 0.3) is 0 Å². The summed E-state index contributed by atoms with van der Waals surface area (Å²) in [5, 5.41) is 2.68. The van der Waals surface area contributed by atoms with Crippen molar-refractivity contribution in [3.63, 3.8) is 0 Å². The lowest BCUT2D eigenvalue weighted by atomic mass is 10.1. The van der Waals surface area contributed by atoms with Crippen LogP contribution in [-0.4, -0.2) is 47.4 Å². The molecule has 1 N–H and O–H groups in total. The Morgan fingerprint density at radius 3 is 2.37 bits per heavy atom. The zero-order chi connectivity index (χ0) is 19.8. The number of carbonyl (C=O) groups is 3. The Morgan fingerprint density at radius 1 is 1.04 bits per heavy atom. The summed E-state index contributed by atoms with van der Waals surface area (Å²) in [4.78, 5) is 42.7. The number of para-hydroxylation sites is 1. The average molecular weight is 369 g/mol. The Labute approximate surface area is 158 Å². The van der Waals surface area contributed by atoms with Crippen LogP contribution in [0.5, 0.6) is 0 Å². The molecule has 0 unspecified atom stereocenters. The maximum atomic E-state index is 12.6. The molecule has 1 heterocycles. The third-order valence-corrected chi connectivity index (χ3v) is 3.97. The molecule has 2 aromatic rings. The van der Waals surface area contributed by atoms with Gasteiger partial charge in [-0.05, 0) is 39.0 Å².